The average molecular weight is 335 g/mol. The van der Waals surface area contributed by atoms with Gasteiger partial charge < -0.3 is 10.1 Å². The zero-order valence-corrected chi connectivity index (χ0v) is 13.1. The van der Waals surface area contributed by atoms with Crippen LogP contribution in [0.2, 0.25) is 5.02 Å². The lowest BCUT2D eigenvalue weighted by molar-refractivity contribution is -0.118. The summed E-state index contributed by atoms with van der Waals surface area (Å²) in [6, 6.07) is 3.80. The first-order valence-electron chi connectivity index (χ1n) is 5.70. The van der Waals surface area contributed by atoms with Crippen LogP contribution in [0.1, 0.15) is 18.1 Å². The summed E-state index contributed by atoms with van der Waals surface area (Å²) in [5, 5.41) is 3.83. The maximum Gasteiger partial charge on any atom is 0.230 e. The molecule has 1 aromatic carbocycles. The number of nitrogens with one attached hydrogen (secondary N) is 1. The molecule has 1 rings (SSSR count). The van der Waals surface area contributed by atoms with Crippen LogP contribution in [0.25, 0.3) is 0 Å². The van der Waals surface area contributed by atoms with Crippen molar-refractivity contribution in [1.29, 1.82) is 0 Å². The van der Waals surface area contributed by atoms with Gasteiger partial charge in [0.1, 0.15) is 11.9 Å². The van der Waals surface area contributed by atoms with E-state index in [1.54, 1.807) is 0 Å². The predicted molar refractivity (Wildman–Crippen MR) is 77.8 cm³/mol. The number of hydrogen-bond acceptors (Lipinski definition) is 2. The highest BCUT2D eigenvalue weighted by Crippen LogP contribution is 2.26. The Morgan fingerprint density at radius 1 is 1.44 bits per heavy atom. The van der Waals surface area contributed by atoms with Crippen LogP contribution < -0.4 is 10.1 Å². The van der Waals surface area contributed by atoms with Crippen molar-refractivity contribution in [2.45, 2.75) is 26.9 Å². The zero-order valence-electron chi connectivity index (χ0n) is 10.7. The van der Waals surface area contributed by atoms with Gasteiger partial charge in [-0.3, -0.25) is 4.79 Å². The van der Waals surface area contributed by atoms with Crippen LogP contribution in [0.4, 0.5) is 0 Å². The first-order chi connectivity index (χ1) is 8.43. The van der Waals surface area contributed by atoms with Crippen molar-refractivity contribution in [1.82, 2.24) is 5.32 Å². The quantitative estimate of drug-likeness (QED) is 0.840. The Hall–Kier alpha value is -0.740. The Bertz CT molecular complexity index is 414. The van der Waals surface area contributed by atoms with Crippen LogP contribution in [0.3, 0.4) is 0 Å². The van der Waals surface area contributed by atoms with Crippen molar-refractivity contribution >= 4 is 33.4 Å². The molecule has 0 heterocycles. The summed E-state index contributed by atoms with van der Waals surface area (Å²) in [4.78, 5) is 11.1. The van der Waals surface area contributed by atoms with Gasteiger partial charge in [-0.15, -0.1) is 0 Å². The van der Waals surface area contributed by atoms with E-state index in [0.717, 1.165) is 21.9 Å². The minimum atomic E-state index is -0.0898. The largest absolute Gasteiger partial charge is 0.489 e. The smallest absolute Gasteiger partial charge is 0.230 e. The number of aryl methyl sites for hydroxylation is 2. The first-order valence-corrected chi connectivity index (χ1v) is 7.20. The summed E-state index contributed by atoms with van der Waals surface area (Å²) < 4.78 is 5.74. The van der Waals surface area contributed by atoms with Crippen molar-refractivity contribution in [2.75, 3.05) is 11.9 Å². The van der Waals surface area contributed by atoms with E-state index in [1.165, 1.54) is 0 Å². The van der Waals surface area contributed by atoms with Gasteiger partial charge in [0.2, 0.25) is 5.91 Å². The molecule has 0 saturated heterocycles. The van der Waals surface area contributed by atoms with Crippen molar-refractivity contribution in [2.24, 2.45) is 0 Å². The number of ether oxygens (including phenoxy) is 1. The summed E-state index contributed by atoms with van der Waals surface area (Å²) in [5.41, 5.74) is 1.98. The molecule has 0 bridgehead atoms. The van der Waals surface area contributed by atoms with Crippen LogP contribution in [-0.4, -0.2) is 23.9 Å². The molecule has 0 aliphatic heterocycles. The Morgan fingerprint density at radius 2 is 2.00 bits per heavy atom. The molecule has 1 N–H and O–H groups in total. The molecule has 1 unspecified atom stereocenters. The number of rotatable bonds is 5. The van der Waals surface area contributed by atoms with Crippen LogP contribution in [0.5, 0.6) is 5.75 Å². The van der Waals surface area contributed by atoms with Crippen molar-refractivity contribution in [3.63, 3.8) is 0 Å². The lowest BCUT2D eigenvalue weighted by Gasteiger charge is -2.16. The number of alkyl halides is 1. The first kappa shape index (κ1) is 15.3. The van der Waals surface area contributed by atoms with Crippen LogP contribution in [0.15, 0.2) is 12.1 Å². The SMILES string of the molecule is Cc1cc(OC(C)CNC(=O)CBr)cc(C)c1Cl. The fraction of sp³-hybridized carbons (Fsp3) is 0.462. The highest BCUT2D eigenvalue weighted by molar-refractivity contribution is 9.09. The molecule has 1 amide bonds. The summed E-state index contributed by atoms with van der Waals surface area (Å²) in [6.45, 7) is 6.28. The second-order valence-electron chi connectivity index (χ2n) is 4.24. The third-order valence-corrected chi connectivity index (χ3v) is 3.56. The minimum Gasteiger partial charge on any atom is -0.489 e. The maximum atomic E-state index is 11.1. The standard InChI is InChI=1S/C13H17BrClNO2/c1-8-4-11(5-9(2)13(8)15)18-10(3)7-16-12(17)6-14/h4-5,10H,6-7H2,1-3H3,(H,16,17). The van der Waals surface area contributed by atoms with Crippen molar-refractivity contribution in [3.05, 3.63) is 28.3 Å². The molecule has 1 atom stereocenters. The topological polar surface area (TPSA) is 38.3 Å². The average Bonchev–Trinajstić information content (AvgIpc) is 2.32. The van der Waals surface area contributed by atoms with E-state index in [1.807, 2.05) is 32.9 Å². The molecule has 0 spiro atoms. The van der Waals surface area contributed by atoms with E-state index >= 15 is 0 Å². The van der Waals surface area contributed by atoms with Crippen molar-refractivity contribution < 1.29 is 9.53 Å². The molecule has 5 heteroatoms. The van der Waals surface area contributed by atoms with Crippen molar-refractivity contribution in [3.8, 4) is 5.75 Å². The van der Waals surface area contributed by atoms with Gasteiger partial charge in [0, 0.05) is 5.02 Å². The molecular weight excluding hydrogens is 318 g/mol. The van der Waals surface area contributed by atoms with Gasteiger partial charge in [-0.05, 0) is 44.0 Å². The van der Waals surface area contributed by atoms with E-state index in [4.69, 9.17) is 16.3 Å². The van der Waals surface area contributed by atoms with Gasteiger partial charge in [0.05, 0.1) is 11.9 Å². The maximum absolute atomic E-state index is 11.1. The highest BCUT2D eigenvalue weighted by Gasteiger charge is 2.08. The number of halogens is 2. The molecule has 100 valence electrons. The minimum absolute atomic E-state index is 0.0473. The molecule has 0 radical (unpaired) electrons. The third kappa shape index (κ3) is 4.50. The number of carbonyl (C=O) groups is 1. The zero-order chi connectivity index (χ0) is 13.7. The van der Waals surface area contributed by atoms with Crippen LogP contribution >= 0.6 is 27.5 Å². The Morgan fingerprint density at radius 3 is 2.50 bits per heavy atom. The fourth-order valence-corrected chi connectivity index (χ4v) is 1.86. The van der Waals surface area contributed by atoms with E-state index in [2.05, 4.69) is 21.2 Å². The normalized spacial score (nSPS) is 12.1. The summed E-state index contributed by atoms with van der Waals surface area (Å²) in [6.07, 6.45) is -0.0898. The van der Waals surface area contributed by atoms with E-state index in [-0.39, 0.29) is 12.0 Å². The third-order valence-electron chi connectivity index (χ3n) is 2.46. The summed E-state index contributed by atoms with van der Waals surface area (Å²) >= 11 is 9.18. The monoisotopic (exact) mass is 333 g/mol. The molecule has 1 aromatic rings. The lowest BCUT2D eigenvalue weighted by Crippen LogP contribution is -2.34. The molecule has 0 saturated carbocycles. The molecule has 0 aromatic heterocycles. The number of amides is 1. The highest BCUT2D eigenvalue weighted by atomic mass is 79.9. The Kier molecular flexibility index (Phi) is 5.96. The molecule has 0 fully saturated rings. The lowest BCUT2D eigenvalue weighted by atomic mass is 10.1. The van der Waals surface area contributed by atoms with Gasteiger partial charge in [-0.25, -0.2) is 0 Å². The van der Waals surface area contributed by atoms with Gasteiger partial charge in [-0.2, -0.15) is 0 Å². The number of hydrogen-bond donors (Lipinski definition) is 1. The Labute approximate surface area is 121 Å². The number of carbonyl (C=O) groups excluding carboxylic acids is 1. The fourth-order valence-electron chi connectivity index (χ4n) is 1.55. The molecule has 0 aliphatic carbocycles. The van der Waals surface area contributed by atoms with Gasteiger partial charge in [-0.1, -0.05) is 27.5 Å². The van der Waals surface area contributed by atoms with E-state index in [9.17, 15) is 4.79 Å². The molecule has 3 nitrogen and oxygen atoms in total. The number of benzene rings is 1. The van der Waals surface area contributed by atoms with Gasteiger partial charge in [0.25, 0.3) is 0 Å². The second kappa shape index (κ2) is 7.00. The Balaban J connectivity index is 2.59. The van der Waals surface area contributed by atoms with Crippen LogP contribution in [-0.2, 0) is 4.79 Å². The predicted octanol–water partition coefficient (Wildman–Crippen LogP) is 3.24. The van der Waals surface area contributed by atoms with Gasteiger partial charge >= 0.3 is 0 Å². The summed E-state index contributed by atoms with van der Waals surface area (Å²) in [5.74, 6) is 0.726. The molecular formula is C13H17BrClNO2. The molecule has 0 aliphatic rings. The molecule has 18 heavy (non-hydrogen) atoms. The second-order valence-corrected chi connectivity index (χ2v) is 5.18. The van der Waals surface area contributed by atoms with E-state index < -0.39 is 0 Å². The van der Waals surface area contributed by atoms with E-state index in [0.29, 0.717) is 11.9 Å². The van der Waals surface area contributed by atoms with Gasteiger partial charge in [0.15, 0.2) is 0 Å². The van der Waals surface area contributed by atoms with Crippen LogP contribution in [0, 0.1) is 13.8 Å². The summed E-state index contributed by atoms with van der Waals surface area (Å²) in [7, 11) is 0.